The summed E-state index contributed by atoms with van der Waals surface area (Å²) >= 11 is 0. The minimum absolute atomic E-state index is 0.0746. The van der Waals surface area contributed by atoms with Crippen LogP contribution < -0.4 is 9.64 Å². The normalized spacial score (nSPS) is 17.3. The SMILES string of the molecule is O=C1/C(=C/c2ccc(F)cc2)Oc2c1ccc(O)c2CN1CCN(c2ccc(F)cc2)CC1. The Labute approximate surface area is 190 Å². The smallest absolute Gasteiger partial charge is 0.231 e. The summed E-state index contributed by atoms with van der Waals surface area (Å²) < 4.78 is 32.3. The molecule has 168 valence electrons. The average molecular weight is 448 g/mol. The summed E-state index contributed by atoms with van der Waals surface area (Å²) in [5.74, 6) is -0.291. The fourth-order valence-corrected chi connectivity index (χ4v) is 4.20. The molecule has 1 N–H and O–H groups in total. The maximum Gasteiger partial charge on any atom is 0.231 e. The first-order valence-corrected chi connectivity index (χ1v) is 10.8. The monoisotopic (exact) mass is 448 g/mol. The van der Waals surface area contributed by atoms with Crippen molar-refractivity contribution in [2.75, 3.05) is 31.1 Å². The van der Waals surface area contributed by atoms with Crippen LogP contribution in [0.3, 0.4) is 0 Å². The molecule has 33 heavy (non-hydrogen) atoms. The fraction of sp³-hybridized carbons (Fsp3) is 0.192. The molecule has 5 rings (SSSR count). The Morgan fingerprint density at radius 1 is 0.879 bits per heavy atom. The minimum Gasteiger partial charge on any atom is -0.507 e. The van der Waals surface area contributed by atoms with E-state index in [1.807, 2.05) is 0 Å². The predicted molar refractivity (Wildman–Crippen MR) is 121 cm³/mol. The molecule has 0 aromatic heterocycles. The maximum absolute atomic E-state index is 13.2. The number of ether oxygens (including phenoxy) is 1. The molecule has 0 atom stereocenters. The van der Waals surface area contributed by atoms with Crippen molar-refractivity contribution in [1.29, 1.82) is 0 Å². The Hall–Kier alpha value is -3.71. The molecule has 3 aromatic rings. The van der Waals surface area contributed by atoms with E-state index in [9.17, 15) is 18.7 Å². The lowest BCUT2D eigenvalue weighted by atomic mass is 10.0. The van der Waals surface area contributed by atoms with E-state index in [-0.39, 0.29) is 28.9 Å². The molecule has 3 aromatic carbocycles. The number of carbonyl (C=O) groups is 1. The molecular weight excluding hydrogens is 426 g/mol. The van der Waals surface area contributed by atoms with Crippen LogP contribution in [0.4, 0.5) is 14.5 Å². The number of anilines is 1. The van der Waals surface area contributed by atoms with Gasteiger partial charge in [0.05, 0.1) is 11.1 Å². The molecule has 0 spiro atoms. The van der Waals surface area contributed by atoms with Crippen molar-refractivity contribution in [2.45, 2.75) is 6.54 Å². The molecule has 0 bridgehead atoms. The minimum atomic E-state index is -0.356. The van der Waals surface area contributed by atoms with Crippen LogP contribution in [0.5, 0.6) is 11.5 Å². The molecule has 0 amide bonds. The predicted octanol–water partition coefficient (Wildman–Crippen LogP) is 4.61. The van der Waals surface area contributed by atoms with Crippen LogP contribution >= 0.6 is 0 Å². The number of nitrogens with zero attached hydrogens (tertiary/aromatic N) is 2. The van der Waals surface area contributed by atoms with Crippen LogP contribution in [0.2, 0.25) is 0 Å². The van der Waals surface area contributed by atoms with Crippen LogP contribution in [-0.2, 0) is 6.54 Å². The molecule has 5 nitrogen and oxygen atoms in total. The zero-order chi connectivity index (χ0) is 22.9. The molecule has 2 aliphatic heterocycles. The lowest BCUT2D eigenvalue weighted by Gasteiger charge is -2.36. The van der Waals surface area contributed by atoms with Gasteiger partial charge in [-0.15, -0.1) is 0 Å². The van der Waals surface area contributed by atoms with Crippen molar-refractivity contribution >= 4 is 17.5 Å². The number of rotatable bonds is 4. The van der Waals surface area contributed by atoms with Crippen molar-refractivity contribution in [3.8, 4) is 11.5 Å². The number of benzene rings is 3. The highest BCUT2D eigenvalue weighted by Gasteiger charge is 2.32. The Morgan fingerprint density at radius 3 is 2.18 bits per heavy atom. The highest BCUT2D eigenvalue weighted by molar-refractivity contribution is 6.15. The number of aromatic hydroxyl groups is 1. The third-order valence-electron chi connectivity index (χ3n) is 6.03. The van der Waals surface area contributed by atoms with E-state index in [1.165, 1.54) is 30.3 Å². The summed E-state index contributed by atoms with van der Waals surface area (Å²) in [6, 6.07) is 15.3. The summed E-state index contributed by atoms with van der Waals surface area (Å²) in [7, 11) is 0. The largest absolute Gasteiger partial charge is 0.507 e. The third-order valence-corrected chi connectivity index (χ3v) is 6.03. The summed E-state index contributed by atoms with van der Waals surface area (Å²) in [5, 5.41) is 10.5. The van der Waals surface area contributed by atoms with E-state index in [1.54, 1.807) is 36.4 Å². The van der Waals surface area contributed by atoms with Gasteiger partial charge in [0.15, 0.2) is 5.76 Å². The third kappa shape index (κ3) is 4.32. The number of carbonyl (C=O) groups excluding carboxylic acids is 1. The Bertz CT molecular complexity index is 1220. The van der Waals surface area contributed by atoms with Gasteiger partial charge in [-0.05, 0) is 60.2 Å². The van der Waals surface area contributed by atoms with Gasteiger partial charge in [0, 0.05) is 38.4 Å². The number of phenolic OH excluding ortho intramolecular Hbond substituents is 1. The van der Waals surface area contributed by atoms with Crippen molar-refractivity contribution < 1.29 is 23.4 Å². The van der Waals surface area contributed by atoms with Gasteiger partial charge in [-0.25, -0.2) is 8.78 Å². The first-order chi connectivity index (χ1) is 16.0. The van der Waals surface area contributed by atoms with Gasteiger partial charge in [0.2, 0.25) is 5.78 Å². The number of hydrogen-bond donors (Lipinski definition) is 1. The highest BCUT2D eigenvalue weighted by atomic mass is 19.1. The zero-order valence-corrected chi connectivity index (χ0v) is 17.8. The second kappa shape index (κ2) is 8.67. The number of phenols is 1. The second-order valence-corrected chi connectivity index (χ2v) is 8.17. The van der Waals surface area contributed by atoms with Crippen LogP contribution in [0, 0.1) is 11.6 Å². The van der Waals surface area contributed by atoms with Gasteiger partial charge in [0.1, 0.15) is 23.1 Å². The Morgan fingerprint density at radius 2 is 1.52 bits per heavy atom. The van der Waals surface area contributed by atoms with Gasteiger partial charge in [-0.2, -0.15) is 0 Å². The van der Waals surface area contributed by atoms with E-state index >= 15 is 0 Å². The van der Waals surface area contributed by atoms with Crippen LogP contribution in [0.15, 0.2) is 66.4 Å². The van der Waals surface area contributed by atoms with E-state index in [4.69, 9.17) is 4.74 Å². The second-order valence-electron chi connectivity index (χ2n) is 8.17. The number of allylic oxidation sites excluding steroid dienone is 1. The summed E-state index contributed by atoms with van der Waals surface area (Å²) in [4.78, 5) is 17.2. The van der Waals surface area contributed by atoms with Gasteiger partial charge in [0.25, 0.3) is 0 Å². The number of ketones is 1. The standard InChI is InChI=1S/C26H22F2N2O3/c27-18-3-1-17(2-4-18)15-24-25(32)21-9-10-23(31)22(26(21)33-24)16-29-11-13-30(14-12-29)20-7-5-19(28)6-8-20/h1-10,15,31H,11-14,16H2/b24-15-. The number of fused-ring (bicyclic) bond motifs is 1. The summed E-state index contributed by atoms with van der Waals surface area (Å²) in [6.45, 7) is 3.44. The first kappa shape index (κ1) is 21.2. The molecule has 1 saturated heterocycles. The van der Waals surface area contributed by atoms with Crippen molar-refractivity contribution in [1.82, 2.24) is 4.90 Å². The van der Waals surface area contributed by atoms with Crippen molar-refractivity contribution in [2.24, 2.45) is 0 Å². The molecule has 0 aliphatic carbocycles. The molecule has 0 unspecified atom stereocenters. The van der Waals surface area contributed by atoms with Gasteiger partial charge < -0.3 is 14.7 Å². The lowest BCUT2D eigenvalue weighted by Crippen LogP contribution is -2.46. The van der Waals surface area contributed by atoms with E-state index in [2.05, 4.69) is 9.80 Å². The van der Waals surface area contributed by atoms with E-state index in [0.717, 1.165) is 31.9 Å². The molecule has 1 fully saturated rings. The van der Waals surface area contributed by atoms with Crippen LogP contribution in [0.1, 0.15) is 21.5 Å². The van der Waals surface area contributed by atoms with Gasteiger partial charge >= 0.3 is 0 Å². The quantitative estimate of drug-likeness (QED) is 0.591. The number of Topliss-reactive ketones (excluding diaryl/α,β-unsaturated/α-hetero) is 1. The zero-order valence-electron chi connectivity index (χ0n) is 17.8. The molecule has 2 heterocycles. The fourth-order valence-electron chi connectivity index (χ4n) is 4.20. The first-order valence-electron chi connectivity index (χ1n) is 10.8. The number of hydrogen-bond acceptors (Lipinski definition) is 5. The Balaban J connectivity index is 1.32. The molecule has 0 saturated carbocycles. The average Bonchev–Trinajstić information content (AvgIpc) is 3.14. The summed E-state index contributed by atoms with van der Waals surface area (Å²) in [5.41, 5.74) is 2.60. The number of piperazine rings is 1. The number of halogens is 2. The molecule has 0 radical (unpaired) electrons. The summed E-state index contributed by atoms with van der Waals surface area (Å²) in [6.07, 6.45) is 1.57. The molecular formula is C26H22F2N2O3. The van der Waals surface area contributed by atoms with Crippen molar-refractivity contribution in [3.63, 3.8) is 0 Å². The van der Waals surface area contributed by atoms with Gasteiger partial charge in [-0.1, -0.05) is 12.1 Å². The van der Waals surface area contributed by atoms with Crippen LogP contribution in [-0.4, -0.2) is 42.0 Å². The maximum atomic E-state index is 13.2. The molecule has 7 heteroatoms. The van der Waals surface area contributed by atoms with E-state index in [0.29, 0.717) is 29.0 Å². The topological polar surface area (TPSA) is 53.0 Å². The van der Waals surface area contributed by atoms with Gasteiger partial charge in [-0.3, -0.25) is 9.69 Å². The molecule has 2 aliphatic rings. The Kier molecular flexibility index (Phi) is 5.56. The van der Waals surface area contributed by atoms with Crippen molar-refractivity contribution in [3.05, 3.63) is 94.7 Å². The highest BCUT2D eigenvalue weighted by Crippen LogP contribution is 2.40. The van der Waals surface area contributed by atoms with E-state index < -0.39 is 0 Å². The lowest BCUT2D eigenvalue weighted by molar-refractivity contribution is 0.101. The van der Waals surface area contributed by atoms with Crippen LogP contribution in [0.25, 0.3) is 6.08 Å².